The Morgan fingerprint density at radius 2 is 1.87 bits per heavy atom. The number of likely N-dealkylation sites (tertiary alicyclic amines) is 1. The molecule has 0 aliphatic carbocycles. The molecule has 0 radical (unpaired) electrons. The standard InChI is InChI=1S/C28H27BrF2N6O2/c1-39-14-13-36-16-20(18-10-11-21(30)22(31)15-18)24(17-36)33-28(38)34-27-25(29)26(23-9-5-6-12-32-23)35-37(27)19-7-3-2-4-8-19/h2-12,15,20,24H,13-14,16-17H2,1H3,(H2,33,34,38). The zero-order valence-corrected chi connectivity index (χ0v) is 22.7. The van der Waals surface area contributed by atoms with Crippen molar-refractivity contribution in [2.45, 2.75) is 12.0 Å². The van der Waals surface area contributed by atoms with Crippen LogP contribution in [0.5, 0.6) is 0 Å². The molecule has 2 N–H and O–H groups in total. The van der Waals surface area contributed by atoms with E-state index in [1.165, 1.54) is 6.07 Å². The van der Waals surface area contributed by atoms with Gasteiger partial charge in [0.05, 0.1) is 28.5 Å². The van der Waals surface area contributed by atoms with Gasteiger partial charge in [-0.2, -0.15) is 5.10 Å². The predicted molar refractivity (Wildman–Crippen MR) is 148 cm³/mol. The topological polar surface area (TPSA) is 84.3 Å². The molecular formula is C28H27BrF2N6O2. The Bertz CT molecular complexity index is 1440. The second-order valence-corrected chi connectivity index (χ2v) is 10.0. The first-order chi connectivity index (χ1) is 18.9. The van der Waals surface area contributed by atoms with Crippen molar-refractivity contribution in [3.05, 3.63) is 94.6 Å². The second kappa shape index (κ2) is 12.0. The number of para-hydroxylation sites is 1. The Hall–Kier alpha value is -3.67. The van der Waals surface area contributed by atoms with E-state index >= 15 is 0 Å². The van der Waals surface area contributed by atoms with Gasteiger partial charge >= 0.3 is 6.03 Å². The second-order valence-electron chi connectivity index (χ2n) is 9.21. The summed E-state index contributed by atoms with van der Waals surface area (Å²) in [6.45, 7) is 2.26. The molecule has 0 bridgehead atoms. The number of methoxy groups -OCH3 is 1. The highest BCUT2D eigenvalue weighted by Crippen LogP contribution is 2.35. The Morgan fingerprint density at radius 3 is 2.59 bits per heavy atom. The maximum absolute atomic E-state index is 14.1. The van der Waals surface area contributed by atoms with Crippen molar-refractivity contribution in [3.8, 4) is 17.1 Å². The molecule has 2 aromatic heterocycles. The van der Waals surface area contributed by atoms with Crippen LogP contribution < -0.4 is 10.6 Å². The van der Waals surface area contributed by atoms with Gasteiger partial charge in [0.2, 0.25) is 0 Å². The minimum absolute atomic E-state index is 0.241. The normalized spacial score (nSPS) is 17.3. The molecule has 1 fully saturated rings. The quantitative estimate of drug-likeness (QED) is 0.292. The third-order valence-electron chi connectivity index (χ3n) is 6.66. The van der Waals surface area contributed by atoms with Crippen LogP contribution >= 0.6 is 15.9 Å². The maximum atomic E-state index is 14.1. The molecule has 2 atom stereocenters. The van der Waals surface area contributed by atoms with Gasteiger partial charge in [-0.15, -0.1) is 0 Å². The van der Waals surface area contributed by atoms with Crippen LogP contribution in [0.25, 0.3) is 17.1 Å². The molecule has 2 aromatic carbocycles. The van der Waals surface area contributed by atoms with E-state index in [0.717, 1.165) is 11.8 Å². The van der Waals surface area contributed by atoms with Gasteiger partial charge in [-0.3, -0.25) is 15.2 Å². The molecule has 202 valence electrons. The van der Waals surface area contributed by atoms with Crippen molar-refractivity contribution in [2.24, 2.45) is 0 Å². The Kier molecular flexibility index (Phi) is 8.30. The number of carbonyl (C=O) groups is 1. The van der Waals surface area contributed by atoms with E-state index in [1.807, 2.05) is 48.5 Å². The number of nitrogens with zero attached hydrogens (tertiary/aromatic N) is 4. The number of nitrogens with one attached hydrogen (secondary N) is 2. The van der Waals surface area contributed by atoms with Crippen molar-refractivity contribution >= 4 is 27.8 Å². The fourth-order valence-electron chi connectivity index (χ4n) is 4.76. The van der Waals surface area contributed by atoms with Gasteiger partial charge in [-0.25, -0.2) is 18.3 Å². The fourth-order valence-corrected chi connectivity index (χ4v) is 5.31. The van der Waals surface area contributed by atoms with Crippen molar-refractivity contribution in [3.63, 3.8) is 0 Å². The highest BCUT2D eigenvalue weighted by Gasteiger charge is 2.35. The molecule has 39 heavy (non-hydrogen) atoms. The largest absolute Gasteiger partial charge is 0.383 e. The van der Waals surface area contributed by atoms with Crippen LogP contribution in [-0.4, -0.2) is 65.1 Å². The summed E-state index contributed by atoms with van der Waals surface area (Å²) in [6.07, 6.45) is 1.68. The minimum Gasteiger partial charge on any atom is -0.383 e. The number of urea groups is 1. The van der Waals surface area contributed by atoms with Gasteiger partial charge in [0, 0.05) is 38.9 Å². The molecule has 8 nitrogen and oxygen atoms in total. The number of aromatic nitrogens is 3. The lowest BCUT2D eigenvalue weighted by Crippen LogP contribution is -2.42. The van der Waals surface area contributed by atoms with Crippen molar-refractivity contribution in [1.82, 2.24) is 25.0 Å². The first-order valence-electron chi connectivity index (χ1n) is 12.4. The zero-order chi connectivity index (χ0) is 27.4. The summed E-state index contributed by atoms with van der Waals surface area (Å²) in [7, 11) is 1.62. The van der Waals surface area contributed by atoms with E-state index in [4.69, 9.17) is 9.84 Å². The number of rotatable bonds is 8. The number of hydrogen-bond donors (Lipinski definition) is 2. The molecule has 11 heteroatoms. The van der Waals surface area contributed by atoms with E-state index in [9.17, 15) is 13.6 Å². The summed E-state index contributed by atoms with van der Waals surface area (Å²) in [6, 6.07) is 18.0. The smallest absolute Gasteiger partial charge is 0.320 e. The van der Waals surface area contributed by atoms with Gasteiger partial charge < -0.3 is 10.1 Å². The first-order valence-corrected chi connectivity index (χ1v) is 13.2. The van der Waals surface area contributed by atoms with E-state index < -0.39 is 17.7 Å². The fraction of sp³-hybridized carbons (Fsp3) is 0.250. The highest BCUT2D eigenvalue weighted by molar-refractivity contribution is 9.10. The number of hydrogen-bond acceptors (Lipinski definition) is 5. The van der Waals surface area contributed by atoms with E-state index in [1.54, 1.807) is 24.1 Å². The Morgan fingerprint density at radius 1 is 1.08 bits per heavy atom. The van der Waals surface area contributed by atoms with Crippen molar-refractivity contribution < 1.29 is 18.3 Å². The molecule has 3 heterocycles. The summed E-state index contributed by atoms with van der Waals surface area (Å²) in [5, 5.41) is 10.7. The lowest BCUT2D eigenvalue weighted by Gasteiger charge is -2.21. The van der Waals surface area contributed by atoms with Crippen molar-refractivity contribution in [2.75, 3.05) is 38.7 Å². The number of ether oxygens (including phenoxy) is 1. The number of anilines is 1. The summed E-state index contributed by atoms with van der Waals surface area (Å²) in [5.41, 5.74) is 2.58. The molecule has 1 aliphatic rings. The SMILES string of the molecule is COCCN1CC(NC(=O)Nc2c(Br)c(-c3ccccn3)nn2-c2ccccc2)C(c2ccc(F)c(F)c2)C1. The zero-order valence-electron chi connectivity index (χ0n) is 21.2. The summed E-state index contributed by atoms with van der Waals surface area (Å²) in [4.78, 5) is 19.9. The van der Waals surface area contributed by atoms with Crippen LogP contribution in [0.15, 0.2) is 77.4 Å². The predicted octanol–water partition coefficient (Wildman–Crippen LogP) is 5.21. The van der Waals surface area contributed by atoms with E-state index in [-0.39, 0.29) is 12.0 Å². The lowest BCUT2D eigenvalue weighted by molar-refractivity contribution is 0.159. The maximum Gasteiger partial charge on any atom is 0.320 e. The number of amides is 2. The van der Waals surface area contributed by atoms with Crippen LogP contribution in [0, 0.1) is 11.6 Å². The van der Waals surface area contributed by atoms with Gasteiger partial charge in [0.1, 0.15) is 5.69 Å². The summed E-state index contributed by atoms with van der Waals surface area (Å²) >= 11 is 3.61. The minimum atomic E-state index is -0.913. The lowest BCUT2D eigenvalue weighted by atomic mass is 9.94. The van der Waals surface area contributed by atoms with Gasteiger partial charge in [0.15, 0.2) is 17.5 Å². The summed E-state index contributed by atoms with van der Waals surface area (Å²) < 4.78 is 35.1. The Balaban J connectivity index is 1.42. The number of halogens is 3. The van der Waals surface area contributed by atoms with Crippen LogP contribution in [0.1, 0.15) is 11.5 Å². The van der Waals surface area contributed by atoms with Crippen LogP contribution in [0.4, 0.5) is 19.4 Å². The molecule has 2 amide bonds. The third kappa shape index (κ3) is 6.00. The number of pyridine rings is 1. The van der Waals surface area contributed by atoms with E-state index in [2.05, 4.69) is 36.4 Å². The van der Waals surface area contributed by atoms with Crippen molar-refractivity contribution in [1.29, 1.82) is 0 Å². The molecule has 5 rings (SSSR count). The highest BCUT2D eigenvalue weighted by atomic mass is 79.9. The van der Waals surface area contributed by atoms with Gasteiger partial charge in [-0.1, -0.05) is 30.3 Å². The monoisotopic (exact) mass is 596 g/mol. The molecule has 4 aromatic rings. The average Bonchev–Trinajstić information content (AvgIpc) is 3.50. The number of carbonyl (C=O) groups excluding carboxylic acids is 1. The molecule has 0 saturated carbocycles. The average molecular weight is 597 g/mol. The van der Waals surface area contributed by atoms with Crippen LogP contribution in [0.2, 0.25) is 0 Å². The van der Waals surface area contributed by atoms with Crippen LogP contribution in [0.3, 0.4) is 0 Å². The summed E-state index contributed by atoms with van der Waals surface area (Å²) in [5.74, 6) is -1.63. The Labute approximate surface area is 233 Å². The molecule has 1 aliphatic heterocycles. The van der Waals surface area contributed by atoms with Gasteiger partial charge in [0.25, 0.3) is 0 Å². The molecular weight excluding hydrogens is 570 g/mol. The number of benzene rings is 2. The van der Waals surface area contributed by atoms with Gasteiger partial charge in [-0.05, 0) is 57.9 Å². The van der Waals surface area contributed by atoms with Crippen LogP contribution in [-0.2, 0) is 4.74 Å². The molecule has 2 unspecified atom stereocenters. The van der Waals surface area contributed by atoms with E-state index in [0.29, 0.717) is 53.5 Å². The third-order valence-corrected chi connectivity index (χ3v) is 7.41. The molecule has 0 spiro atoms. The molecule has 1 saturated heterocycles. The first kappa shape index (κ1) is 26.9.